The molecule has 0 aliphatic rings. The number of nitrogens with one attached hydrogen (secondary N) is 2. The van der Waals surface area contributed by atoms with Crippen molar-refractivity contribution in [3.05, 3.63) is 126 Å². The van der Waals surface area contributed by atoms with E-state index in [0.717, 1.165) is 15.4 Å². The van der Waals surface area contributed by atoms with Gasteiger partial charge in [0.15, 0.2) is 6.61 Å². The van der Waals surface area contributed by atoms with Gasteiger partial charge < -0.3 is 10.1 Å². The standard InChI is InChI=1S/C33H34N4O5S/c1-3-27-12-10-11-17-31(27)37(43(40,41)30-15-8-5-9-16-30)23-32(38)36-34-22-26-18-20-29(21-19-26)42-24-33(39)35-25(2)28-13-6-4-7-14-28/h4-22,25H,3,23-24H2,1-2H3,(H,35,39)(H,36,38)/b34-22-/t25-/m0/s1. The molecule has 1 atom stereocenters. The lowest BCUT2D eigenvalue weighted by Crippen LogP contribution is -2.40. The Balaban J connectivity index is 1.34. The van der Waals surface area contributed by atoms with Crippen LogP contribution in [0.2, 0.25) is 0 Å². The highest BCUT2D eigenvalue weighted by Gasteiger charge is 2.28. The molecule has 0 aliphatic carbocycles. The molecule has 0 fully saturated rings. The highest BCUT2D eigenvalue weighted by atomic mass is 32.2. The van der Waals surface area contributed by atoms with Gasteiger partial charge in [-0.2, -0.15) is 5.10 Å². The van der Waals surface area contributed by atoms with Gasteiger partial charge in [-0.1, -0.05) is 73.7 Å². The number of amides is 2. The molecular formula is C33H34N4O5S. The lowest BCUT2D eigenvalue weighted by atomic mass is 10.1. The topological polar surface area (TPSA) is 117 Å². The van der Waals surface area contributed by atoms with Crippen molar-refractivity contribution < 1.29 is 22.7 Å². The van der Waals surface area contributed by atoms with E-state index in [1.165, 1.54) is 18.3 Å². The lowest BCUT2D eigenvalue weighted by Gasteiger charge is -2.25. The van der Waals surface area contributed by atoms with Crippen LogP contribution < -0.4 is 19.8 Å². The fourth-order valence-corrected chi connectivity index (χ4v) is 5.80. The molecule has 4 aromatic rings. The first-order valence-corrected chi connectivity index (χ1v) is 15.3. The number of rotatable bonds is 13. The molecule has 0 bridgehead atoms. The Morgan fingerprint density at radius 2 is 1.49 bits per heavy atom. The maximum Gasteiger partial charge on any atom is 0.264 e. The number of hydrogen-bond acceptors (Lipinski definition) is 6. The Bertz CT molecular complexity index is 1640. The summed E-state index contributed by atoms with van der Waals surface area (Å²) in [5.41, 5.74) is 5.32. The molecule has 2 N–H and O–H groups in total. The molecule has 9 nitrogen and oxygen atoms in total. The van der Waals surface area contributed by atoms with Crippen molar-refractivity contribution in [2.45, 2.75) is 31.2 Å². The van der Waals surface area contributed by atoms with E-state index in [9.17, 15) is 18.0 Å². The second kappa shape index (κ2) is 14.8. The molecule has 2 amide bonds. The molecule has 222 valence electrons. The summed E-state index contributed by atoms with van der Waals surface area (Å²) < 4.78 is 33.8. The van der Waals surface area contributed by atoms with Crippen LogP contribution in [0.3, 0.4) is 0 Å². The van der Waals surface area contributed by atoms with Gasteiger partial charge in [0.2, 0.25) is 0 Å². The van der Waals surface area contributed by atoms with Gasteiger partial charge in [0.1, 0.15) is 12.3 Å². The zero-order valence-electron chi connectivity index (χ0n) is 24.0. The Morgan fingerprint density at radius 3 is 2.16 bits per heavy atom. The van der Waals surface area contributed by atoms with Crippen molar-refractivity contribution >= 4 is 33.7 Å². The number of aryl methyl sites for hydroxylation is 1. The number of para-hydroxylation sites is 1. The van der Waals surface area contributed by atoms with Crippen molar-refractivity contribution in [2.24, 2.45) is 5.10 Å². The first-order valence-electron chi connectivity index (χ1n) is 13.8. The van der Waals surface area contributed by atoms with Crippen LogP contribution in [0.1, 0.15) is 36.6 Å². The summed E-state index contributed by atoms with van der Waals surface area (Å²) >= 11 is 0. The molecule has 0 heterocycles. The Labute approximate surface area is 252 Å². The number of sulfonamides is 1. The van der Waals surface area contributed by atoms with Crippen LogP contribution >= 0.6 is 0 Å². The first-order chi connectivity index (χ1) is 20.8. The smallest absolute Gasteiger partial charge is 0.264 e. The van der Waals surface area contributed by atoms with Crippen molar-refractivity contribution in [2.75, 3.05) is 17.5 Å². The van der Waals surface area contributed by atoms with Crippen molar-refractivity contribution in [3.8, 4) is 5.75 Å². The van der Waals surface area contributed by atoms with Crippen molar-refractivity contribution in [1.82, 2.24) is 10.7 Å². The van der Waals surface area contributed by atoms with Crippen molar-refractivity contribution in [1.29, 1.82) is 0 Å². The summed E-state index contributed by atoms with van der Waals surface area (Å²) in [5.74, 6) is -0.341. The lowest BCUT2D eigenvalue weighted by molar-refractivity contribution is -0.123. The summed E-state index contributed by atoms with van der Waals surface area (Å²) in [6, 6.07) is 31.4. The van der Waals surface area contributed by atoms with Gasteiger partial charge in [-0.15, -0.1) is 0 Å². The average Bonchev–Trinajstić information content (AvgIpc) is 3.04. The second-order valence-corrected chi connectivity index (χ2v) is 11.5. The van der Waals surface area contributed by atoms with Crippen LogP contribution in [0.25, 0.3) is 0 Å². The molecule has 0 saturated carbocycles. The van der Waals surface area contributed by atoms with Crippen LogP contribution in [-0.4, -0.2) is 39.6 Å². The van der Waals surface area contributed by atoms with Crippen LogP contribution in [0.4, 0.5) is 5.69 Å². The summed E-state index contributed by atoms with van der Waals surface area (Å²) in [6.07, 6.45) is 2.03. The minimum atomic E-state index is -4.02. The number of ether oxygens (including phenoxy) is 1. The second-order valence-electron chi connectivity index (χ2n) is 9.66. The molecule has 0 spiro atoms. The number of anilines is 1. The zero-order valence-corrected chi connectivity index (χ0v) is 24.8. The molecule has 0 aliphatic heterocycles. The minimum Gasteiger partial charge on any atom is -0.484 e. The van der Waals surface area contributed by atoms with E-state index in [1.54, 1.807) is 54.6 Å². The van der Waals surface area contributed by atoms with Gasteiger partial charge in [0, 0.05) is 0 Å². The quantitative estimate of drug-likeness (QED) is 0.169. The fraction of sp³-hybridized carbons (Fsp3) is 0.182. The Kier molecular flexibility index (Phi) is 10.7. The molecule has 43 heavy (non-hydrogen) atoms. The molecule has 4 aromatic carbocycles. The van der Waals surface area contributed by atoms with Gasteiger partial charge in [-0.25, -0.2) is 13.8 Å². The molecule has 4 rings (SSSR count). The Morgan fingerprint density at radius 1 is 0.860 bits per heavy atom. The predicted octanol–water partition coefficient (Wildman–Crippen LogP) is 4.85. The summed E-state index contributed by atoms with van der Waals surface area (Å²) in [6.45, 7) is 3.24. The monoisotopic (exact) mass is 598 g/mol. The number of hydrazone groups is 1. The third-order valence-corrected chi connectivity index (χ3v) is 8.36. The van der Waals surface area contributed by atoms with E-state index in [2.05, 4.69) is 15.8 Å². The molecular weight excluding hydrogens is 564 g/mol. The highest BCUT2D eigenvalue weighted by Crippen LogP contribution is 2.27. The largest absolute Gasteiger partial charge is 0.484 e. The van der Waals surface area contributed by atoms with Crippen LogP contribution in [0.5, 0.6) is 5.75 Å². The van der Waals surface area contributed by atoms with Gasteiger partial charge in [-0.05, 0) is 72.5 Å². The summed E-state index contributed by atoms with van der Waals surface area (Å²) in [5, 5.41) is 6.90. The SMILES string of the molecule is CCc1ccccc1N(CC(=O)N/N=C\c1ccc(OCC(=O)N[C@@H](C)c2ccccc2)cc1)S(=O)(=O)c1ccccc1. The zero-order chi connectivity index (χ0) is 30.7. The number of hydrogen-bond donors (Lipinski definition) is 2. The molecule has 0 unspecified atom stereocenters. The maximum atomic E-state index is 13.5. The van der Waals surface area contributed by atoms with Crippen LogP contribution in [0, 0.1) is 0 Å². The third-order valence-electron chi connectivity index (χ3n) is 6.59. The number of benzene rings is 4. The van der Waals surface area contributed by atoms with Gasteiger partial charge in [-0.3, -0.25) is 13.9 Å². The molecule has 0 saturated heterocycles. The maximum absolute atomic E-state index is 13.5. The number of carbonyl (C=O) groups is 2. The normalized spacial score (nSPS) is 12.0. The van der Waals surface area contributed by atoms with E-state index in [0.29, 0.717) is 23.4 Å². The van der Waals surface area contributed by atoms with Crippen LogP contribution in [0.15, 0.2) is 119 Å². The van der Waals surface area contributed by atoms with Crippen molar-refractivity contribution in [3.63, 3.8) is 0 Å². The minimum absolute atomic E-state index is 0.0858. The van der Waals surface area contributed by atoms with Gasteiger partial charge >= 0.3 is 0 Å². The van der Waals surface area contributed by atoms with E-state index in [1.807, 2.05) is 56.3 Å². The molecule has 0 radical (unpaired) electrons. The fourth-order valence-electron chi connectivity index (χ4n) is 4.32. The highest BCUT2D eigenvalue weighted by molar-refractivity contribution is 7.92. The summed E-state index contributed by atoms with van der Waals surface area (Å²) in [4.78, 5) is 25.2. The number of nitrogens with zero attached hydrogens (tertiary/aromatic N) is 2. The third kappa shape index (κ3) is 8.52. The molecule has 0 aromatic heterocycles. The van der Waals surface area contributed by atoms with E-state index < -0.39 is 22.5 Å². The van der Waals surface area contributed by atoms with E-state index in [4.69, 9.17) is 4.74 Å². The van der Waals surface area contributed by atoms with Crippen LogP contribution in [-0.2, 0) is 26.0 Å². The predicted molar refractivity (Wildman–Crippen MR) is 167 cm³/mol. The van der Waals surface area contributed by atoms with E-state index in [-0.39, 0.29) is 23.5 Å². The Hall–Kier alpha value is -4.96. The first kappa shape index (κ1) is 31.0. The molecule has 10 heteroatoms. The summed E-state index contributed by atoms with van der Waals surface area (Å²) in [7, 11) is -4.02. The number of carbonyl (C=O) groups excluding carboxylic acids is 2. The average molecular weight is 599 g/mol. The van der Waals surface area contributed by atoms with Gasteiger partial charge in [0.05, 0.1) is 22.8 Å². The van der Waals surface area contributed by atoms with E-state index >= 15 is 0 Å². The van der Waals surface area contributed by atoms with Gasteiger partial charge in [0.25, 0.3) is 21.8 Å².